The number of nitrogens with zero attached hydrogens (tertiary/aromatic N) is 1. The van der Waals surface area contributed by atoms with E-state index in [1.807, 2.05) is 12.1 Å². The lowest BCUT2D eigenvalue weighted by atomic mass is 9.53. The molecule has 3 N–H and O–H groups in total. The van der Waals surface area contributed by atoms with Crippen LogP contribution < -0.4 is 10.6 Å². The Kier molecular flexibility index (Phi) is 16.6. The van der Waals surface area contributed by atoms with Gasteiger partial charge in [0.05, 0.1) is 18.8 Å². The highest BCUT2D eigenvalue weighted by molar-refractivity contribution is 5.76. The molecule has 8 rings (SSSR count). The van der Waals surface area contributed by atoms with Gasteiger partial charge in [0, 0.05) is 30.1 Å². The van der Waals surface area contributed by atoms with Gasteiger partial charge in [-0.05, 0) is 110 Å². The normalized spacial score (nSPS) is 27.1. The van der Waals surface area contributed by atoms with Gasteiger partial charge in [0.15, 0.2) is 6.29 Å². The van der Waals surface area contributed by atoms with E-state index in [4.69, 9.17) is 9.47 Å². The lowest BCUT2D eigenvalue weighted by Gasteiger charge is -2.56. The zero-order chi connectivity index (χ0) is 41.7. The fourth-order valence-electron chi connectivity index (χ4n) is 11.6. The monoisotopic (exact) mass is 820 g/mol. The van der Waals surface area contributed by atoms with E-state index in [0.717, 1.165) is 90.0 Å². The third-order valence-corrected chi connectivity index (χ3v) is 14.6. The van der Waals surface area contributed by atoms with E-state index >= 15 is 0 Å². The topological polar surface area (TPSA) is 83.1 Å². The molecule has 3 aromatic carbocycles. The average molecular weight is 820 g/mol. The van der Waals surface area contributed by atoms with Crippen LogP contribution in [0.4, 0.5) is 4.79 Å². The summed E-state index contributed by atoms with van der Waals surface area (Å²) in [6.45, 7) is 10.5. The van der Waals surface area contributed by atoms with Crippen LogP contribution in [0, 0.1) is 23.7 Å². The average Bonchev–Trinajstić information content (AvgIpc) is 3.25. The van der Waals surface area contributed by atoms with Gasteiger partial charge in [-0.3, -0.25) is 0 Å². The highest BCUT2D eigenvalue weighted by Gasteiger charge is 2.51. The minimum atomic E-state index is -0.502. The molecule has 4 unspecified atom stereocenters. The van der Waals surface area contributed by atoms with Gasteiger partial charge >= 0.3 is 6.03 Å². The molecule has 4 saturated carbocycles. The highest BCUT2D eigenvalue weighted by atomic mass is 16.7. The first-order valence-electron chi connectivity index (χ1n) is 24.3. The van der Waals surface area contributed by atoms with Crippen molar-refractivity contribution in [3.63, 3.8) is 0 Å². The third kappa shape index (κ3) is 12.0. The molecule has 4 atom stereocenters. The molecule has 4 bridgehead atoms. The van der Waals surface area contributed by atoms with Gasteiger partial charge < -0.3 is 30.1 Å². The van der Waals surface area contributed by atoms with E-state index in [9.17, 15) is 9.90 Å². The summed E-state index contributed by atoms with van der Waals surface area (Å²) in [6, 6.07) is 25.3. The Morgan fingerprint density at radius 3 is 1.88 bits per heavy atom. The predicted molar refractivity (Wildman–Crippen MR) is 244 cm³/mol. The summed E-state index contributed by atoms with van der Waals surface area (Å²) < 4.78 is 13.9. The number of aliphatic hydroxyl groups excluding tert-OH is 1. The minimum Gasteiger partial charge on any atom is -0.392 e. The van der Waals surface area contributed by atoms with E-state index in [2.05, 4.69) is 97.0 Å². The smallest absolute Gasteiger partial charge is 0.315 e. The van der Waals surface area contributed by atoms with E-state index in [-0.39, 0.29) is 36.3 Å². The number of unbranched alkanes of at least 4 members (excludes halogenated alkanes) is 10. The highest BCUT2D eigenvalue weighted by Crippen LogP contribution is 2.55. The van der Waals surface area contributed by atoms with E-state index in [1.165, 1.54) is 96.3 Å². The SMILES string of the molecule is CCCCCCCCN(CCCCCCCC)CC1OC(c2ccc(-c3ccccc3CNC(=O)NC34CC5CC(CC(C5)C3)C4)cc2)OC(c2ccc(CO)cc2)C1C. The maximum absolute atomic E-state index is 13.4. The van der Waals surface area contributed by atoms with E-state index in [0.29, 0.717) is 6.54 Å². The summed E-state index contributed by atoms with van der Waals surface area (Å²) >= 11 is 0. The molecule has 0 spiro atoms. The van der Waals surface area contributed by atoms with Crippen LogP contribution in [0.5, 0.6) is 0 Å². The molecule has 1 saturated heterocycles. The van der Waals surface area contributed by atoms with Crippen LogP contribution in [0.2, 0.25) is 0 Å². The summed E-state index contributed by atoms with van der Waals surface area (Å²) in [5.74, 6) is 2.53. The maximum atomic E-state index is 13.4. The third-order valence-electron chi connectivity index (χ3n) is 14.6. The van der Waals surface area contributed by atoms with Crippen LogP contribution >= 0.6 is 0 Å². The largest absolute Gasteiger partial charge is 0.392 e. The van der Waals surface area contributed by atoms with E-state index < -0.39 is 6.29 Å². The van der Waals surface area contributed by atoms with Gasteiger partial charge in [-0.25, -0.2) is 4.79 Å². The van der Waals surface area contributed by atoms with Crippen molar-refractivity contribution in [3.05, 3.63) is 95.1 Å². The molecule has 60 heavy (non-hydrogen) atoms. The van der Waals surface area contributed by atoms with Crippen LogP contribution in [-0.2, 0) is 22.6 Å². The van der Waals surface area contributed by atoms with Crippen LogP contribution in [0.25, 0.3) is 11.1 Å². The number of carbonyl (C=O) groups is 1. The molecule has 7 heteroatoms. The molecular weight excluding hydrogens is 743 g/mol. The van der Waals surface area contributed by atoms with Crippen molar-refractivity contribution in [2.24, 2.45) is 23.7 Å². The Bertz CT molecular complexity index is 1690. The van der Waals surface area contributed by atoms with Gasteiger partial charge in [-0.2, -0.15) is 0 Å². The number of carbonyl (C=O) groups excluding carboxylic acids is 1. The summed E-state index contributed by atoms with van der Waals surface area (Å²) in [5.41, 5.74) is 6.38. The summed E-state index contributed by atoms with van der Waals surface area (Å²) in [4.78, 5) is 16.1. The number of nitrogens with one attached hydrogen (secondary N) is 2. The number of amides is 2. The molecule has 328 valence electrons. The molecule has 4 aliphatic carbocycles. The molecule has 2 amide bonds. The molecule has 1 heterocycles. The molecule has 7 nitrogen and oxygen atoms in total. The number of ether oxygens (including phenoxy) is 2. The number of benzene rings is 3. The van der Waals surface area contributed by atoms with Crippen molar-refractivity contribution in [2.45, 2.75) is 174 Å². The Morgan fingerprint density at radius 2 is 1.28 bits per heavy atom. The molecule has 0 radical (unpaired) electrons. The van der Waals surface area contributed by atoms with Crippen molar-refractivity contribution in [3.8, 4) is 11.1 Å². The van der Waals surface area contributed by atoms with Crippen LogP contribution in [-0.4, -0.2) is 47.3 Å². The molecular formula is C53H77N3O4. The Morgan fingerprint density at radius 1 is 0.717 bits per heavy atom. The van der Waals surface area contributed by atoms with Gasteiger partial charge in [0.2, 0.25) is 0 Å². The standard InChI is InChI=1S/C53H77N3O4/c1-4-6-8-10-12-16-28-56(29-17-13-11-9-7-5-2)37-49-39(3)50(45-22-20-40(38-57)21-23-45)60-51(59-49)46-26-24-44(25-27-46)48-19-15-14-18-47(48)36-54-52(58)55-53-33-41-30-42(34-53)32-43(31-41)35-53/h14-15,18-27,39,41-43,49-51,57H,4-13,16-17,28-38H2,1-3H3,(H2,54,55,58). The zero-order valence-corrected chi connectivity index (χ0v) is 37.4. The zero-order valence-electron chi connectivity index (χ0n) is 37.4. The Balaban J connectivity index is 1.03. The van der Waals surface area contributed by atoms with Crippen molar-refractivity contribution < 1.29 is 19.4 Å². The quantitative estimate of drug-likeness (QED) is 0.0830. The number of rotatable bonds is 23. The van der Waals surface area contributed by atoms with E-state index in [1.54, 1.807) is 0 Å². The first-order chi connectivity index (χ1) is 29.3. The van der Waals surface area contributed by atoms with Crippen molar-refractivity contribution >= 4 is 6.03 Å². The number of urea groups is 1. The molecule has 0 aromatic heterocycles. The van der Waals surface area contributed by atoms with Crippen molar-refractivity contribution in [1.29, 1.82) is 0 Å². The van der Waals surface area contributed by atoms with Crippen LogP contribution in [0.15, 0.2) is 72.8 Å². The van der Waals surface area contributed by atoms with Gasteiger partial charge in [0.25, 0.3) is 0 Å². The summed E-state index contributed by atoms with van der Waals surface area (Å²) in [5, 5.41) is 16.5. The molecule has 1 aliphatic heterocycles. The Hall–Kier alpha value is -3.23. The second-order valence-corrected chi connectivity index (χ2v) is 19.4. The van der Waals surface area contributed by atoms with Crippen LogP contribution in [0.1, 0.15) is 171 Å². The Labute approximate surface area is 362 Å². The van der Waals surface area contributed by atoms with Gasteiger partial charge in [-0.1, -0.05) is 158 Å². The number of hydrogen-bond donors (Lipinski definition) is 3. The first-order valence-corrected chi connectivity index (χ1v) is 24.3. The maximum Gasteiger partial charge on any atom is 0.315 e. The molecule has 5 aliphatic rings. The van der Waals surface area contributed by atoms with Crippen molar-refractivity contribution in [1.82, 2.24) is 15.5 Å². The molecule has 3 aromatic rings. The number of hydrogen-bond acceptors (Lipinski definition) is 5. The summed E-state index contributed by atoms with van der Waals surface area (Å²) in [7, 11) is 0. The van der Waals surface area contributed by atoms with Crippen LogP contribution in [0.3, 0.4) is 0 Å². The lowest BCUT2D eigenvalue weighted by Crippen LogP contribution is -2.61. The fraction of sp³-hybridized carbons (Fsp3) is 0.642. The first kappa shape index (κ1) is 44.8. The second kappa shape index (κ2) is 22.2. The van der Waals surface area contributed by atoms with Gasteiger partial charge in [0.1, 0.15) is 0 Å². The minimum absolute atomic E-state index is 0.00232. The number of aliphatic hydroxyl groups is 1. The predicted octanol–water partition coefficient (Wildman–Crippen LogP) is 12.4. The van der Waals surface area contributed by atoms with Crippen molar-refractivity contribution in [2.75, 3.05) is 19.6 Å². The fourth-order valence-corrected chi connectivity index (χ4v) is 11.6. The van der Waals surface area contributed by atoms with Gasteiger partial charge in [-0.15, -0.1) is 0 Å². The summed E-state index contributed by atoms with van der Waals surface area (Å²) in [6.07, 6.45) is 22.5. The second-order valence-electron chi connectivity index (χ2n) is 19.4. The lowest BCUT2D eigenvalue weighted by molar-refractivity contribution is -0.276. The molecule has 5 fully saturated rings.